The number of aromatic amines is 1. The van der Waals surface area contributed by atoms with Gasteiger partial charge in [0.2, 0.25) is 5.88 Å². The van der Waals surface area contributed by atoms with Crippen molar-refractivity contribution in [2.45, 2.75) is 11.8 Å². The number of hydrogen-bond donors (Lipinski definition) is 3. The number of fused-ring (bicyclic) bond motifs is 1. The topological polar surface area (TPSA) is 150 Å². The van der Waals surface area contributed by atoms with Crippen LogP contribution in [0.1, 0.15) is 5.56 Å². The molecule has 0 unspecified atom stereocenters. The smallest absolute Gasteiger partial charge is 0.270 e. The van der Waals surface area contributed by atoms with Crippen molar-refractivity contribution in [3.05, 3.63) is 81.4 Å². The molecular weight excluding hydrogens is 470 g/mol. The summed E-state index contributed by atoms with van der Waals surface area (Å²) in [5.74, 6) is -0.247. The van der Waals surface area contributed by atoms with Crippen LogP contribution in [0, 0.1) is 17.0 Å². The number of nitro groups is 1. The predicted molar refractivity (Wildman–Crippen MR) is 124 cm³/mol. The first-order valence-corrected chi connectivity index (χ1v) is 11.3. The zero-order chi connectivity index (χ0) is 23.8. The lowest BCUT2D eigenvalue weighted by molar-refractivity contribution is -0.385. The van der Waals surface area contributed by atoms with Gasteiger partial charge in [-0.1, -0.05) is 41.9 Å². The van der Waals surface area contributed by atoms with Gasteiger partial charge in [-0.05, 0) is 30.7 Å². The molecule has 33 heavy (non-hydrogen) atoms. The Balaban J connectivity index is 1.82. The molecule has 0 saturated carbocycles. The maximum Gasteiger partial charge on any atom is 0.270 e. The van der Waals surface area contributed by atoms with E-state index in [1.807, 2.05) is 13.0 Å². The molecule has 0 aliphatic carbocycles. The van der Waals surface area contributed by atoms with Gasteiger partial charge in [-0.15, -0.1) is 10.2 Å². The summed E-state index contributed by atoms with van der Waals surface area (Å²) in [5, 5.41) is 30.3. The number of H-pyrrole nitrogens is 1. The minimum atomic E-state index is -4.34. The molecule has 0 radical (unpaired) electrons. The number of nitro benzene ring substituents is 1. The summed E-state index contributed by atoms with van der Waals surface area (Å²) >= 11 is 6.05. The SMILES string of the molecule is Cc1cccc2c(N=Nc3ccc([N+](=O)[O-])cc3S(=O)(=O)Nc3ccccc3Cl)c(O)[nH]c12. The maximum atomic E-state index is 13.1. The first kappa shape index (κ1) is 22.2. The zero-order valence-electron chi connectivity index (χ0n) is 17.0. The summed E-state index contributed by atoms with van der Waals surface area (Å²) in [6.07, 6.45) is 0. The van der Waals surface area contributed by atoms with Crippen molar-refractivity contribution < 1.29 is 18.4 Å². The number of anilines is 1. The number of rotatable bonds is 6. The van der Waals surface area contributed by atoms with Crippen LogP contribution < -0.4 is 4.72 Å². The molecule has 0 spiro atoms. The summed E-state index contributed by atoms with van der Waals surface area (Å²) in [7, 11) is -4.34. The monoisotopic (exact) mass is 485 g/mol. The number of non-ortho nitro benzene ring substituents is 1. The fourth-order valence-electron chi connectivity index (χ4n) is 3.20. The minimum absolute atomic E-state index is 0.0957. The quantitative estimate of drug-likeness (QED) is 0.175. The molecule has 3 aromatic carbocycles. The van der Waals surface area contributed by atoms with Gasteiger partial charge in [-0.3, -0.25) is 14.8 Å². The van der Waals surface area contributed by atoms with Crippen LogP contribution >= 0.6 is 11.6 Å². The van der Waals surface area contributed by atoms with Gasteiger partial charge in [0.25, 0.3) is 15.7 Å². The molecular formula is C21H16ClN5O5S. The number of aromatic nitrogens is 1. The van der Waals surface area contributed by atoms with Gasteiger partial charge in [0.15, 0.2) is 5.69 Å². The second kappa shape index (κ2) is 8.52. The van der Waals surface area contributed by atoms with E-state index in [9.17, 15) is 23.6 Å². The third-order valence-electron chi connectivity index (χ3n) is 4.82. The number of azo groups is 1. The Morgan fingerprint density at radius 3 is 2.58 bits per heavy atom. The van der Waals surface area contributed by atoms with Crippen LogP contribution in [-0.4, -0.2) is 23.4 Å². The highest BCUT2D eigenvalue weighted by atomic mass is 35.5. The first-order chi connectivity index (χ1) is 15.7. The lowest BCUT2D eigenvalue weighted by atomic mass is 10.1. The van der Waals surface area contributed by atoms with Crippen LogP contribution in [0.15, 0.2) is 75.8 Å². The van der Waals surface area contributed by atoms with Crippen LogP contribution in [-0.2, 0) is 10.0 Å². The number of nitrogens with one attached hydrogen (secondary N) is 2. The summed E-state index contributed by atoms with van der Waals surface area (Å²) in [6, 6.07) is 14.7. The summed E-state index contributed by atoms with van der Waals surface area (Å²) in [6.45, 7) is 1.85. The average molecular weight is 486 g/mol. The number of aryl methyl sites for hydroxylation is 1. The molecule has 0 atom stereocenters. The Bertz CT molecular complexity index is 1530. The fraction of sp³-hybridized carbons (Fsp3) is 0.0476. The van der Waals surface area contributed by atoms with E-state index < -0.39 is 25.5 Å². The lowest BCUT2D eigenvalue weighted by Gasteiger charge is -2.11. The Kier molecular flexibility index (Phi) is 5.75. The maximum absolute atomic E-state index is 13.1. The van der Waals surface area contributed by atoms with E-state index >= 15 is 0 Å². The van der Waals surface area contributed by atoms with Gasteiger partial charge in [-0.25, -0.2) is 8.42 Å². The van der Waals surface area contributed by atoms with Gasteiger partial charge < -0.3 is 10.1 Å². The van der Waals surface area contributed by atoms with Crippen molar-refractivity contribution in [1.82, 2.24) is 4.98 Å². The molecule has 1 aromatic heterocycles. The second-order valence-corrected chi connectivity index (χ2v) is 9.07. The summed E-state index contributed by atoms with van der Waals surface area (Å²) < 4.78 is 28.5. The molecule has 0 aliphatic rings. The van der Waals surface area contributed by atoms with E-state index in [-0.39, 0.29) is 28.0 Å². The highest BCUT2D eigenvalue weighted by molar-refractivity contribution is 7.92. The molecule has 4 aromatic rings. The third kappa shape index (κ3) is 4.36. The van der Waals surface area contributed by atoms with E-state index in [4.69, 9.17) is 11.6 Å². The van der Waals surface area contributed by atoms with E-state index in [0.29, 0.717) is 10.9 Å². The standard InChI is InChI=1S/C21H16ClN5O5S/c1-12-5-4-6-14-19(12)23-21(28)20(14)25-24-17-10-9-13(27(29)30)11-18(17)33(31,32)26-16-8-3-2-7-15(16)22/h2-11,23,26,28H,1H3. The molecule has 0 saturated heterocycles. The predicted octanol–water partition coefficient (Wildman–Crippen LogP) is 5.96. The van der Waals surface area contributed by atoms with Gasteiger partial charge in [0.05, 0.1) is 21.2 Å². The van der Waals surface area contributed by atoms with E-state index in [1.54, 1.807) is 24.3 Å². The Morgan fingerprint density at radius 2 is 1.85 bits per heavy atom. The lowest BCUT2D eigenvalue weighted by Crippen LogP contribution is -2.13. The largest absolute Gasteiger partial charge is 0.493 e. The van der Waals surface area contributed by atoms with Crippen molar-refractivity contribution >= 4 is 55.3 Å². The Hall–Kier alpha value is -3.96. The Morgan fingerprint density at radius 1 is 1.09 bits per heavy atom. The molecule has 0 bridgehead atoms. The highest BCUT2D eigenvalue weighted by Gasteiger charge is 2.24. The van der Waals surface area contributed by atoms with Crippen LogP contribution in [0.25, 0.3) is 10.9 Å². The number of hydrogen-bond acceptors (Lipinski definition) is 7. The van der Waals surface area contributed by atoms with Crippen LogP contribution in [0.4, 0.5) is 22.7 Å². The fourth-order valence-corrected chi connectivity index (χ4v) is 4.68. The summed E-state index contributed by atoms with van der Waals surface area (Å²) in [4.78, 5) is 12.9. The van der Waals surface area contributed by atoms with E-state index in [2.05, 4.69) is 19.9 Å². The number of sulfonamides is 1. The molecule has 1 heterocycles. The highest BCUT2D eigenvalue weighted by Crippen LogP contribution is 2.39. The normalized spacial score (nSPS) is 11.8. The van der Waals surface area contributed by atoms with Crippen LogP contribution in [0.5, 0.6) is 5.88 Å². The minimum Gasteiger partial charge on any atom is -0.493 e. The number of para-hydroxylation sites is 2. The Labute approximate surface area is 192 Å². The molecule has 10 nitrogen and oxygen atoms in total. The number of aromatic hydroxyl groups is 1. The van der Waals surface area contributed by atoms with E-state index in [0.717, 1.165) is 17.7 Å². The number of benzene rings is 3. The average Bonchev–Trinajstić information content (AvgIpc) is 3.10. The first-order valence-electron chi connectivity index (χ1n) is 9.45. The molecule has 3 N–H and O–H groups in total. The van der Waals surface area contributed by atoms with Crippen LogP contribution in [0.2, 0.25) is 5.02 Å². The van der Waals surface area contributed by atoms with Gasteiger partial charge >= 0.3 is 0 Å². The summed E-state index contributed by atoms with van der Waals surface area (Å²) in [5.41, 5.74) is 1.11. The molecule has 0 amide bonds. The third-order valence-corrected chi connectivity index (χ3v) is 6.54. The molecule has 12 heteroatoms. The van der Waals surface area contributed by atoms with Crippen molar-refractivity contribution in [1.29, 1.82) is 0 Å². The van der Waals surface area contributed by atoms with Gasteiger partial charge in [-0.2, -0.15) is 0 Å². The molecule has 168 valence electrons. The van der Waals surface area contributed by atoms with Crippen molar-refractivity contribution in [3.63, 3.8) is 0 Å². The number of halogens is 1. The number of nitrogens with zero attached hydrogens (tertiary/aromatic N) is 3. The zero-order valence-corrected chi connectivity index (χ0v) is 18.6. The van der Waals surface area contributed by atoms with Crippen molar-refractivity contribution in [3.8, 4) is 5.88 Å². The molecule has 4 rings (SSSR count). The van der Waals surface area contributed by atoms with Gasteiger partial charge in [0.1, 0.15) is 10.6 Å². The second-order valence-electron chi connectivity index (χ2n) is 7.01. The van der Waals surface area contributed by atoms with Crippen molar-refractivity contribution in [2.24, 2.45) is 10.2 Å². The molecule has 0 aliphatic heterocycles. The molecule has 0 fully saturated rings. The van der Waals surface area contributed by atoms with E-state index in [1.165, 1.54) is 18.2 Å². The van der Waals surface area contributed by atoms with Gasteiger partial charge in [0, 0.05) is 17.5 Å². The van der Waals surface area contributed by atoms with Crippen LogP contribution in [0.3, 0.4) is 0 Å². The van der Waals surface area contributed by atoms with Crippen molar-refractivity contribution in [2.75, 3.05) is 4.72 Å².